The molecule has 0 fully saturated rings. The second kappa shape index (κ2) is 11.9. The SMILES string of the molecule is O.O.O=S(=O)(O)c1ccc(P(c2ccccc2)c2ccc(S(=O)(=O)O)cc2)cc1.[K]. The Balaban J connectivity index is 0.00000280. The molecule has 3 aromatic rings. The molecule has 12 heteroatoms. The Morgan fingerprint density at radius 1 is 0.533 bits per heavy atom. The van der Waals surface area contributed by atoms with Crippen molar-refractivity contribution < 1.29 is 36.9 Å². The monoisotopic (exact) mass is 497 g/mol. The fourth-order valence-corrected chi connectivity index (χ4v) is 5.78. The largest absolute Gasteiger partial charge is 0.412 e. The van der Waals surface area contributed by atoms with Gasteiger partial charge in [-0.25, -0.2) is 0 Å². The maximum Gasteiger partial charge on any atom is 0.294 e. The number of hydrogen-bond donors (Lipinski definition) is 2. The maximum absolute atomic E-state index is 11.3. The van der Waals surface area contributed by atoms with Gasteiger partial charge in [-0.1, -0.05) is 54.6 Å². The van der Waals surface area contributed by atoms with Gasteiger partial charge in [0, 0.05) is 51.4 Å². The first-order valence-electron chi connectivity index (χ1n) is 7.66. The van der Waals surface area contributed by atoms with E-state index in [-0.39, 0.29) is 72.1 Å². The molecular weight excluding hydrogens is 478 g/mol. The van der Waals surface area contributed by atoms with E-state index >= 15 is 0 Å². The zero-order valence-electron chi connectivity index (χ0n) is 15.8. The van der Waals surface area contributed by atoms with Crippen LogP contribution in [0.1, 0.15) is 0 Å². The van der Waals surface area contributed by atoms with E-state index in [9.17, 15) is 16.8 Å². The molecule has 157 valence electrons. The van der Waals surface area contributed by atoms with Crippen LogP contribution >= 0.6 is 7.92 Å². The molecule has 3 rings (SSSR count). The minimum Gasteiger partial charge on any atom is -0.412 e. The van der Waals surface area contributed by atoms with Crippen LogP contribution in [0.2, 0.25) is 0 Å². The fourth-order valence-electron chi connectivity index (χ4n) is 2.56. The van der Waals surface area contributed by atoms with Gasteiger partial charge < -0.3 is 11.0 Å². The zero-order valence-corrected chi connectivity index (χ0v) is 21.4. The minimum absolute atomic E-state index is 0. The van der Waals surface area contributed by atoms with Gasteiger partial charge in [0.15, 0.2) is 0 Å². The van der Waals surface area contributed by atoms with E-state index < -0.39 is 28.2 Å². The standard InChI is InChI=1S/C18H15O6PS2.K.2H2O/c19-26(20,21)17-10-6-15(7-11-17)25(14-4-2-1-3-5-14)16-8-12-18(13-9-16)27(22,23)24;;;/h1-13H,(H,19,20,21)(H,22,23,24);;2*1H2. The predicted octanol–water partition coefficient (Wildman–Crippen LogP) is -0.0920. The van der Waals surface area contributed by atoms with E-state index in [0.29, 0.717) is 0 Å². The molecular formula is C18H19KO8PS2. The van der Waals surface area contributed by atoms with Crippen LogP contribution in [0, 0.1) is 0 Å². The van der Waals surface area contributed by atoms with Crippen molar-refractivity contribution in [1.29, 1.82) is 0 Å². The Morgan fingerprint density at radius 3 is 1.13 bits per heavy atom. The molecule has 6 N–H and O–H groups in total. The number of hydrogen-bond acceptors (Lipinski definition) is 4. The van der Waals surface area contributed by atoms with Crippen molar-refractivity contribution in [2.24, 2.45) is 0 Å². The van der Waals surface area contributed by atoms with Crippen LogP contribution in [0.5, 0.6) is 0 Å². The van der Waals surface area contributed by atoms with Gasteiger partial charge >= 0.3 is 0 Å². The van der Waals surface area contributed by atoms with E-state index in [1.807, 2.05) is 30.3 Å². The smallest absolute Gasteiger partial charge is 0.294 e. The molecule has 3 aromatic carbocycles. The summed E-state index contributed by atoms with van der Waals surface area (Å²) in [6.45, 7) is 0. The molecule has 0 aliphatic carbocycles. The predicted molar refractivity (Wildman–Crippen MR) is 118 cm³/mol. The summed E-state index contributed by atoms with van der Waals surface area (Å²) in [6.07, 6.45) is 0. The quantitative estimate of drug-likeness (QED) is 0.283. The third kappa shape index (κ3) is 7.26. The number of rotatable bonds is 5. The van der Waals surface area contributed by atoms with Crippen molar-refractivity contribution in [3.8, 4) is 0 Å². The van der Waals surface area contributed by atoms with Crippen LogP contribution in [0.4, 0.5) is 0 Å². The van der Waals surface area contributed by atoms with Gasteiger partial charge in [0.25, 0.3) is 20.2 Å². The molecule has 30 heavy (non-hydrogen) atoms. The third-order valence-electron chi connectivity index (χ3n) is 3.80. The topological polar surface area (TPSA) is 172 Å². The van der Waals surface area contributed by atoms with Crippen LogP contribution in [0.25, 0.3) is 0 Å². The Morgan fingerprint density at radius 2 is 0.833 bits per heavy atom. The second-order valence-electron chi connectivity index (χ2n) is 5.61. The summed E-state index contributed by atoms with van der Waals surface area (Å²) < 4.78 is 63.4. The van der Waals surface area contributed by atoms with E-state index in [1.54, 1.807) is 24.3 Å². The Bertz CT molecular complexity index is 1080. The molecule has 0 saturated carbocycles. The molecule has 0 heterocycles. The van der Waals surface area contributed by atoms with Crippen molar-refractivity contribution in [1.82, 2.24) is 0 Å². The molecule has 0 saturated heterocycles. The summed E-state index contributed by atoms with van der Waals surface area (Å²) in [6, 6.07) is 21.3. The first kappa shape index (κ1) is 29.5. The number of benzene rings is 3. The Labute approximate surface area is 218 Å². The second-order valence-corrected chi connectivity index (χ2v) is 10.7. The molecule has 0 unspecified atom stereocenters. The first-order valence-corrected chi connectivity index (χ1v) is 11.9. The van der Waals surface area contributed by atoms with Gasteiger partial charge in [-0.2, -0.15) is 16.8 Å². The van der Waals surface area contributed by atoms with Gasteiger partial charge in [0.1, 0.15) is 0 Å². The third-order valence-corrected chi connectivity index (χ3v) is 7.98. The first-order chi connectivity index (χ1) is 12.7. The van der Waals surface area contributed by atoms with Crippen LogP contribution in [0.15, 0.2) is 88.7 Å². The van der Waals surface area contributed by atoms with Gasteiger partial charge in [-0.15, -0.1) is 0 Å². The summed E-state index contributed by atoms with van der Waals surface area (Å²) in [5.41, 5.74) is 0. The molecule has 0 spiro atoms. The summed E-state index contributed by atoms with van der Waals surface area (Å²) in [7, 11) is -9.66. The molecule has 1 radical (unpaired) electrons. The van der Waals surface area contributed by atoms with Crippen molar-refractivity contribution in [2.45, 2.75) is 9.79 Å². The fraction of sp³-hybridized carbons (Fsp3) is 0. The van der Waals surface area contributed by atoms with E-state index in [4.69, 9.17) is 9.11 Å². The summed E-state index contributed by atoms with van der Waals surface area (Å²) in [5.74, 6) is 0. The molecule has 0 amide bonds. The molecule has 0 aromatic heterocycles. The van der Waals surface area contributed by atoms with Crippen LogP contribution in [-0.4, -0.2) is 88.3 Å². The van der Waals surface area contributed by atoms with Crippen molar-refractivity contribution in [2.75, 3.05) is 0 Å². The van der Waals surface area contributed by atoms with E-state index in [0.717, 1.165) is 15.9 Å². The van der Waals surface area contributed by atoms with Gasteiger partial charge in [0.2, 0.25) is 0 Å². The molecule has 0 atom stereocenters. The Kier molecular flexibility index (Phi) is 11.7. The van der Waals surface area contributed by atoms with Gasteiger partial charge in [-0.05, 0) is 48.1 Å². The summed E-state index contributed by atoms with van der Waals surface area (Å²) in [4.78, 5) is -0.396. The normalized spacial score (nSPS) is 11.0. The van der Waals surface area contributed by atoms with Crippen LogP contribution in [0.3, 0.4) is 0 Å². The van der Waals surface area contributed by atoms with Crippen molar-refractivity contribution in [3.05, 3.63) is 78.9 Å². The summed E-state index contributed by atoms with van der Waals surface area (Å²) >= 11 is 0. The van der Waals surface area contributed by atoms with E-state index in [2.05, 4.69) is 0 Å². The molecule has 0 aliphatic heterocycles. The maximum atomic E-state index is 11.3. The van der Waals surface area contributed by atoms with Gasteiger partial charge in [-0.3, -0.25) is 9.11 Å². The average molecular weight is 498 g/mol. The molecule has 0 bridgehead atoms. The van der Waals surface area contributed by atoms with E-state index in [1.165, 1.54) is 24.3 Å². The zero-order chi connectivity index (χ0) is 19.7. The van der Waals surface area contributed by atoms with Crippen LogP contribution < -0.4 is 15.9 Å². The molecule has 8 nitrogen and oxygen atoms in total. The van der Waals surface area contributed by atoms with Crippen molar-refractivity contribution in [3.63, 3.8) is 0 Å². The Hall–Kier alpha value is -0.534. The summed E-state index contributed by atoms with van der Waals surface area (Å²) in [5, 5.41) is 2.62. The minimum atomic E-state index is -4.28. The average Bonchev–Trinajstić information content (AvgIpc) is 2.62. The molecule has 0 aliphatic rings. The van der Waals surface area contributed by atoms with Crippen LogP contribution in [-0.2, 0) is 20.2 Å². The van der Waals surface area contributed by atoms with Crippen molar-refractivity contribution >= 4 is 95.5 Å². The van der Waals surface area contributed by atoms with Gasteiger partial charge in [0.05, 0.1) is 9.79 Å².